The minimum Gasteiger partial charge on any atom is -0.497 e. The van der Waals surface area contributed by atoms with Gasteiger partial charge in [-0.05, 0) is 31.2 Å². The number of hydrogen-bond acceptors (Lipinski definition) is 5. The molecule has 0 spiro atoms. The molecule has 0 unspecified atom stereocenters. The van der Waals surface area contributed by atoms with Gasteiger partial charge >= 0.3 is 5.97 Å². The number of esters is 1. The molecule has 0 saturated heterocycles. The maximum atomic E-state index is 11.9. The molecule has 2 rings (SSSR count). The molecule has 0 atom stereocenters. The summed E-state index contributed by atoms with van der Waals surface area (Å²) in [7, 11) is 1.57. The van der Waals surface area contributed by atoms with Crippen LogP contribution in [0, 0.1) is 6.92 Å². The Kier molecular flexibility index (Phi) is 5.74. The van der Waals surface area contributed by atoms with Gasteiger partial charge in [-0.15, -0.1) is 0 Å². The summed E-state index contributed by atoms with van der Waals surface area (Å²) >= 11 is 0. The third-order valence-corrected chi connectivity index (χ3v) is 3.15. The van der Waals surface area contributed by atoms with Crippen LogP contribution in [0.4, 0.5) is 0 Å². The molecule has 120 valence electrons. The second-order valence-electron chi connectivity index (χ2n) is 4.91. The van der Waals surface area contributed by atoms with E-state index in [1.165, 1.54) is 0 Å². The molecule has 5 nitrogen and oxygen atoms in total. The first-order valence-corrected chi connectivity index (χ1v) is 7.11. The van der Waals surface area contributed by atoms with E-state index < -0.39 is 5.97 Å². The Labute approximate surface area is 134 Å². The van der Waals surface area contributed by atoms with Gasteiger partial charge in [0, 0.05) is 5.56 Å². The number of ketones is 1. The van der Waals surface area contributed by atoms with Crippen LogP contribution in [0.25, 0.3) is 0 Å². The molecule has 0 radical (unpaired) electrons. The maximum Gasteiger partial charge on any atom is 0.344 e. The Bertz CT molecular complexity index is 659. The molecule has 2 aromatic rings. The zero-order valence-electron chi connectivity index (χ0n) is 13.1. The van der Waals surface area contributed by atoms with Crippen molar-refractivity contribution in [2.75, 3.05) is 20.3 Å². The molecule has 0 saturated carbocycles. The van der Waals surface area contributed by atoms with Crippen LogP contribution in [0.3, 0.4) is 0 Å². The Balaban J connectivity index is 1.76. The van der Waals surface area contributed by atoms with E-state index in [0.29, 0.717) is 17.1 Å². The number of hydrogen-bond donors (Lipinski definition) is 0. The third-order valence-electron chi connectivity index (χ3n) is 3.15. The molecule has 0 bridgehead atoms. The number of methoxy groups -OCH3 is 1. The second kappa shape index (κ2) is 7.98. The first-order valence-electron chi connectivity index (χ1n) is 7.11. The molecular weight excluding hydrogens is 296 g/mol. The van der Waals surface area contributed by atoms with Gasteiger partial charge in [-0.2, -0.15) is 0 Å². The van der Waals surface area contributed by atoms with Crippen LogP contribution >= 0.6 is 0 Å². The van der Waals surface area contributed by atoms with Gasteiger partial charge in [0.05, 0.1) is 7.11 Å². The molecular formula is C18H18O5. The highest BCUT2D eigenvalue weighted by Crippen LogP contribution is 2.16. The number of aryl methyl sites for hydroxylation is 1. The number of rotatable bonds is 7. The fraction of sp³-hybridized carbons (Fsp3) is 0.222. The van der Waals surface area contributed by atoms with E-state index in [4.69, 9.17) is 14.2 Å². The minimum atomic E-state index is -0.596. The highest BCUT2D eigenvalue weighted by molar-refractivity contribution is 5.98. The molecule has 0 amide bonds. The number of ether oxygens (including phenoxy) is 3. The van der Waals surface area contributed by atoms with Gasteiger partial charge < -0.3 is 14.2 Å². The molecule has 23 heavy (non-hydrogen) atoms. The van der Waals surface area contributed by atoms with Gasteiger partial charge in [0.2, 0.25) is 0 Å². The van der Waals surface area contributed by atoms with E-state index in [1.807, 2.05) is 19.1 Å². The van der Waals surface area contributed by atoms with Crippen molar-refractivity contribution < 1.29 is 23.8 Å². The fourth-order valence-corrected chi connectivity index (χ4v) is 1.82. The summed E-state index contributed by atoms with van der Waals surface area (Å²) in [6.07, 6.45) is 0. The first-order chi connectivity index (χ1) is 11.1. The van der Waals surface area contributed by atoms with Crippen molar-refractivity contribution in [1.82, 2.24) is 0 Å². The lowest BCUT2D eigenvalue weighted by molar-refractivity contribution is -0.144. The fourth-order valence-electron chi connectivity index (χ4n) is 1.82. The number of carbonyl (C=O) groups excluding carboxylic acids is 2. The Morgan fingerprint density at radius 3 is 2.09 bits per heavy atom. The van der Waals surface area contributed by atoms with Gasteiger partial charge in [0.25, 0.3) is 0 Å². The van der Waals surface area contributed by atoms with E-state index in [-0.39, 0.29) is 19.0 Å². The Morgan fingerprint density at radius 2 is 1.48 bits per heavy atom. The zero-order valence-corrected chi connectivity index (χ0v) is 13.1. The van der Waals surface area contributed by atoms with Crippen LogP contribution in [0.5, 0.6) is 11.5 Å². The lowest BCUT2D eigenvalue weighted by Gasteiger charge is -2.07. The zero-order chi connectivity index (χ0) is 16.7. The van der Waals surface area contributed by atoms with Crippen LogP contribution in [0.2, 0.25) is 0 Å². The van der Waals surface area contributed by atoms with E-state index in [9.17, 15) is 9.59 Å². The summed E-state index contributed by atoms with van der Waals surface area (Å²) in [5.41, 5.74) is 1.57. The molecule has 0 aliphatic carbocycles. The Hall–Kier alpha value is -2.82. The molecule has 0 fully saturated rings. The molecule has 5 heteroatoms. The molecule has 0 aliphatic rings. The summed E-state index contributed by atoms with van der Waals surface area (Å²) in [5.74, 6) is 0.375. The summed E-state index contributed by atoms with van der Waals surface area (Å²) in [4.78, 5) is 23.5. The predicted molar refractivity (Wildman–Crippen MR) is 85.0 cm³/mol. The lowest BCUT2D eigenvalue weighted by Crippen LogP contribution is -2.19. The summed E-state index contributed by atoms with van der Waals surface area (Å²) in [6, 6.07) is 13.9. The van der Waals surface area contributed by atoms with E-state index >= 15 is 0 Å². The monoisotopic (exact) mass is 314 g/mol. The summed E-state index contributed by atoms with van der Waals surface area (Å²) < 4.78 is 15.2. The SMILES string of the molecule is COc1ccc(OCC(=O)OCC(=O)c2ccc(C)cc2)cc1. The second-order valence-corrected chi connectivity index (χ2v) is 4.91. The van der Waals surface area contributed by atoms with Crippen molar-refractivity contribution >= 4 is 11.8 Å². The van der Waals surface area contributed by atoms with Gasteiger partial charge in [0.15, 0.2) is 19.0 Å². The predicted octanol–water partition coefficient (Wildman–Crippen LogP) is 2.81. The molecule has 2 aromatic carbocycles. The van der Waals surface area contributed by atoms with Crippen molar-refractivity contribution in [3.63, 3.8) is 0 Å². The number of Topliss-reactive ketones (excluding diaryl/α,β-unsaturated/α-hetero) is 1. The number of carbonyl (C=O) groups is 2. The van der Waals surface area contributed by atoms with Crippen LogP contribution in [-0.2, 0) is 9.53 Å². The van der Waals surface area contributed by atoms with Crippen LogP contribution < -0.4 is 9.47 Å². The van der Waals surface area contributed by atoms with Gasteiger partial charge in [0.1, 0.15) is 11.5 Å². The van der Waals surface area contributed by atoms with Crippen molar-refractivity contribution in [2.45, 2.75) is 6.92 Å². The van der Waals surface area contributed by atoms with Crippen molar-refractivity contribution in [3.05, 3.63) is 59.7 Å². The molecule has 0 heterocycles. The third kappa shape index (κ3) is 5.14. The summed E-state index contributed by atoms with van der Waals surface area (Å²) in [5, 5.41) is 0. The van der Waals surface area contributed by atoms with Crippen molar-refractivity contribution in [1.29, 1.82) is 0 Å². The van der Waals surface area contributed by atoms with Gasteiger partial charge in [-0.1, -0.05) is 29.8 Å². The smallest absolute Gasteiger partial charge is 0.344 e. The Morgan fingerprint density at radius 1 is 0.870 bits per heavy atom. The van der Waals surface area contributed by atoms with Gasteiger partial charge in [-0.25, -0.2) is 4.79 Å². The highest BCUT2D eigenvalue weighted by Gasteiger charge is 2.10. The molecule has 0 aliphatic heterocycles. The largest absolute Gasteiger partial charge is 0.497 e. The van der Waals surface area contributed by atoms with Crippen molar-refractivity contribution in [3.8, 4) is 11.5 Å². The molecule has 0 N–H and O–H groups in total. The lowest BCUT2D eigenvalue weighted by atomic mass is 10.1. The van der Waals surface area contributed by atoms with E-state index in [2.05, 4.69) is 0 Å². The van der Waals surface area contributed by atoms with Crippen molar-refractivity contribution in [2.24, 2.45) is 0 Å². The van der Waals surface area contributed by atoms with Crippen LogP contribution in [0.15, 0.2) is 48.5 Å². The van der Waals surface area contributed by atoms with E-state index in [1.54, 1.807) is 43.5 Å². The van der Waals surface area contributed by atoms with Gasteiger partial charge in [-0.3, -0.25) is 4.79 Å². The van der Waals surface area contributed by atoms with Crippen LogP contribution in [-0.4, -0.2) is 32.1 Å². The topological polar surface area (TPSA) is 61.8 Å². The standard InChI is InChI=1S/C18H18O5/c1-13-3-5-14(6-4-13)17(19)11-23-18(20)12-22-16-9-7-15(21-2)8-10-16/h3-10H,11-12H2,1-2H3. The first kappa shape index (κ1) is 16.5. The highest BCUT2D eigenvalue weighted by atomic mass is 16.6. The van der Waals surface area contributed by atoms with Crippen LogP contribution in [0.1, 0.15) is 15.9 Å². The average Bonchev–Trinajstić information content (AvgIpc) is 2.59. The average molecular weight is 314 g/mol. The van der Waals surface area contributed by atoms with E-state index in [0.717, 1.165) is 5.56 Å². The maximum absolute atomic E-state index is 11.9. The summed E-state index contributed by atoms with van der Waals surface area (Å²) in [6.45, 7) is 1.38. The number of benzene rings is 2. The molecule has 0 aromatic heterocycles. The minimum absolute atomic E-state index is 0.247. The normalized spacial score (nSPS) is 10.0. The quantitative estimate of drug-likeness (QED) is 0.581.